The van der Waals surface area contributed by atoms with Crippen molar-refractivity contribution < 1.29 is 18.7 Å². The molecular weight excluding hydrogens is 297 g/mol. The maximum Gasteiger partial charge on any atom is 0.344 e. The second kappa shape index (κ2) is 6.12. The topological polar surface area (TPSA) is 40.5 Å². The van der Waals surface area contributed by atoms with Gasteiger partial charge < -0.3 is 14.0 Å². The van der Waals surface area contributed by atoms with Crippen LogP contribution in [-0.4, -0.2) is 17.1 Å². The number of benzene rings is 2. The van der Waals surface area contributed by atoms with E-state index in [2.05, 4.69) is 0 Å². The van der Waals surface area contributed by atoms with Crippen molar-refractivity contribution >= 4 is 16.9 Å². The molecule has 1 aromatic heterocycles. The fourth-order valence-electron chi connectivity index (χ4n) is 2.50. The fraction of sp³-hybridized carbons (Fsp3) is 0.167. The van der Waals surface area contributed by atoms with E-state index in [9.17, 15) is 9.18 Å². The zero-order valence-electron chi connectivity index (χ0n) is 12.9. The molecule has 0 aliphatic rings. The van der Waals surface area contributed by atoms with Crippen LogP contribution in [-0.2, 0) is 11.8 Å². The summed E-state index contributed by atoms with van der Waals surface area (Å²) in [5.41, 5.74) is 1.22. The Kier molecular flexibility index (Phi) is 4.02. The normalized spacial score (nSPS) is 10.7. The number of para-hydroxylation sites is 1. The number of aryl methyl sites for hydroxylation is 1. The summed E-state index contributed by atoms with van der Waals surface area (Å²) in [6.07, 6.45) is 0. The van der Waals surface area contributed by atoms with Crippen LogP contribution in [0.1, 0.15) is 17.3 Å². The molecular formula is C18H16FNO3. The Morgan fingerprint density at radius 3 is 2.52 bits per heavy atom. The predicted molar refractivity (Wildman–Crippen MR) is 85.3 cm³/mol. The Labute approximate surface area is 133 Å². The number of carbonyl (C=O) groups is 1. The second-order valence-electron chi connectivity index (χ2n) is 5.03. The van der Waals surface area contributed by atoms with Gasteiger partial charge in [-0.05, 0) is 37.3 Å². The standard InChI is InChI=1S/C18H16FNO3/c1-3-22-18(21)16-14-6-4-5-7-15(14)20(2)17(16)23-13-10-8-12(19)9-11-13/h4-11H,3H2,1-2H3. The number of ether oxygens (including phenoxy) is 2. The monoisotopic (exact) mass is 313 g/mol. The van der Waals surface area contributed by atoms with Gasteiger partial charge >= 0.3 is 5.97 Å². The number of rotatable bonds is 4. The average Bonchev–Trinajstić information content (AvgIpc) is 2.83. The first kappa shape index (κ1) is 15.1. The molecule has 1 heterocycles. The number of fused-ring (bicyclic) bond motifs is 1. The molecule has 5 heteroatoms. The van der Waals surface area contributed by atoms with Crippen LogP contribution >= 0.6 is 0 Å². The van der Waals surface area contributed by atoms with Gasteiger partial charge in [0.25, 0.3) is 0 Å². The van der Waals surface area contributed by atoms with Crippen LogP contribution in [0, 0.1) is 5.82 Å². The first-order chi connectivity index (χ1) is 11.1. The Balaban J connectivity index is 2.14. The van der Waals surface area contributed by atoms with Crippen LogP contribution < -0.4 is 4.74 Å². The maximum absolute atomic E-state index is 13.0. The molecule has 0 radical (unpaired) electrons. The quantitative estimate of drug-likeness (QED) is 0.675. The second-order valence-corrected chi connectivity index (χ2v) is 5.03. The molecule has 2 aromatic carbocycles. The van der Waals surface area contributed by atoms with E-state index in [1.807, 2.05) is 31.3 Å². The average molecular weight is 313 g/mol. The molecule has 3 rings (SSSR count). The summed E-state index contributed by atoms with van der Waals surface area (Å²) in [5, 5.41) is 0.755. The molecule has 4 nitrogen and oxygen atoms in total. The van der Waals surface area contributed by atoms with E-state index >= 15 is 0 Å². The van der Waals surface area contributed by atoms with Crippen molar-refractivity contribution in [2.75, 3.05) is 6.61 Å². The van der Waals surface area contributed by atoms with E-state index in [1.54, 1.807) is 11.5 Å². The van der Waals surface area contributed by atoms with Crippen molar-refractivity contribution in [3.63, 3.8) is 0 Å². The first-order valence-electron chi connectivity index (χ1n) is 7.29. The van der Waals surface area contributed by atoms with Crippen LogP contribution in [0.25, 0.3) is 10.9 Å². The van der Waals surface area contributed by atoms with Crippen LogP contribution in [0.3, 0.4) is 0 Å². The zero-order valence-corrected chi connectivity index (χ0v) is 12.9. The van der Waals surface area contributed by atoms with Crippen LogP contribution in [0.15, 0.2) is 48.5 Å². The molecule has 0 N–H and O–H groups in total. The Bertz CT molecular complexity index is 853. The molecule has 0 amide bonds. The molecule has 0 unspecified atom stereocenters. The lowest BCUT2D eigenvalue weighted by molar-refractivity contribution is 0.0525. The number of nitrogens with zero attached hydrogens (tertiary/aromatic N) is 1. The Morgan fingerprint density at radius 2 is 1.83 bits per heavy atom. The first-order valence-corrected chi connectivity index (χ1v) is 7.29. The molecule has 0 saturated carbocycles. The molecule has 0 atom stereocenters. The van der Waals surface area contributed by atoms with Gasteiger partial charge in [-0.2, -0.15) is 0 Å². The van der Waals surface area contributed by atoms with Gasteiger partial charge in [0.05, 0.1) is 12.1 Å². The molecule has 0 aliphatic heterocycles. The summed E-state index contributed by atoms with van der Waals surface area (Å²) < 4.78 is 25.8. The predicted octanol–water partition coefficient (Wildman–Crippen LogP) is 4.29. The minimum absolute atomic E-state index is 0.276. The van der Waals surface area contributed by atoms with E-state index in [-0.39, 0.29) is 12.4 Å². The number of halogens is 1. The Morgan fingerprint density at radius 1 is 1.13 bits per heavy atom. The van der Waals surface area contributed by atoms with Gasteiger partial charge in [0.15, 0.2) is 0 Å². The van der Waals surface area contributed by atoms with Crippen molar-refractivity contribution in [1.29, 1.82) is 0 Å². The van der Waals surface area contributed by atoms with Crippen molar-refractivity contribution in [3.8, 4) is 11.6 Å². The minimum Gasteiger partial charge on any atom is -0.462 e. The van der Waals surface area contributed by atoms with E-state index in [0.717, 1.165) is 10.9 Å². The molecule has 0 aliphatic carbocycles. The highest BCUT2D eigenvalue weighted by atomic mass is 19.1. The van der Waals surface area contributed by atoms with Crippen molar-refractivity contribution in [2.24, 2.45) is 7.05 Å². The maximum atomic E-state index is 13.0. The summed E-state index contributed by atoms with van der Waals surface area (Å²) in [7, 11) is 1.81. The summed E-state index contributed by atoms with van der Waals surface area (Å²) in [6.45, 7) is 2.03. The largest absolute Gasteiger partial charge is 0.462 e. The van der Waals surface area contributed by atoms with Gasteiger partial charge in [0.2, 0.25) is 5.88 Å². The lowest BCUT2D eigenvalue weighted by Gasteiger charge is -2.09. The summed E-state index contributed by atoms with van der Waals surface area (Å²) in [4.78, 5) is 12.4. The van der Waals surface area contributed by atoms with Gasteiger partial charge in [-0.25, -0.2) is 9.18 Å². The number of carbonyl (C=O) groups excluding carboxylic acids is 1. The lowest BCUT2D eigenvalue weighted by Crippen LogP contribution is -2.06. The zero-order chi connectivity index (χ0) is 16.4. The Hall–Kier alpha value is -2.82. The number of hydrogen-bond acceptors (Lipinski definition) is 3. The van der Waals surface area contributed by atoms with E-state index in [0.29, 0.717) is 17.2 Å². The third-order valence-corrected chi connectivity index (χ3v) is 3.56. The van der Waals surface area contributed by atoms with Gasteiger partial charge in [-0.15, -0.1) is 0 Å². The highest BCUT2D eigenvalue weighted by Gasteiger charge is 2.24. The van der Waals surface area contributed by atoms with Crippen LogP contribution in [0.5, 0.6) is 11.6 Å². The van der Waals surface area contributed by atoms with Gasteiger partial charge in [-0.3, -0.25) is 0 Å². The fourth-order valence-corrected chi connectivity index (χ4v) is 2.50. The number of aromatic nitrogens is 1. The summed E-state index contributed by atoms with van der Waals surface area (Å²) in [5.74, 6) is 0.0283. The van der Waals surface area contributed by atoms with Crippen LogP contribution in [0.4, 0.5) is 4.39 Å². The third-order valence-electron chi connectivity index (χ3n) is 3.56. The van der Waals surface area contributed by atoms with Gasteiger partial charge in [0, 0.05) is 12.4 Å². The summed E-state index contributed by atoms with van der Waals surface area (Å²) >= 11 is 0. The summed E-state index contributed by atoms with van der Waals surface area (Å²) in [6, 6.07) is 13.1. The van der Waals surface area contributed by atoms with E-state index in [1.165, 1.54) is 24.3 Å². The number of hydrogen-bond donors (Lipinski definition) is 0. The molecule has 0 saturated heterocycles. The highest BCUT2D eigenvalue weighted by molar-refractivity contribution is 6.07. The van der Waals surface area contributed by atoms with Crippen LogP contribution in [0.2, 0.25) is 0 Å². The van der Waals surface area contributed by atoms with Gasteiger partial charge in [0.1, 0.15) is 17.1 Å². The highest BCUT2D eigenvalue weighted by Crippen LogP contribution is 2.34. The minimum atomic E-state index is -0.443. The molecule has 3 aromatic rings. The number of esters is 1. The molecule has 0 spiro atoms. The van der Waals surface area contributed by atoms with E-state index < -0.39 is 5.97 Å². The molecule has 0 fully saturated rings. The van der Waals surface area contributed by atoms with Gasteiger partial charge in [-0.1, -0.05) is 18.2 Å². The molecule has 23 heavy (non-hydrogen) atoms. The van der Waals surface area contributed by atoms with E-state index in [4.69, 9.17) is 9.47 Å². The third kappa shape index (κ3) is 2.77. The van der Waals surface area contributed by atoms with Crippen molar-refractivity contribution in [2.45, 2.75) is 6.92 Å². The smallest absolute Gasteiger partial charge is 0.344 e. The van der Waals surface area contributed by atoms with Crippen molar-refractivity contribution in [1.82, 2.24) is 4.57 Å². The SMILES string of the molecule is CCOC(=O)c1c(Oc2ccc(F)cc2)n(C)c2ccccc12. The van der Waals surface area contributed by atoms with Crippen molar-refractivity contribution in [3.05, 3.63) is 59.9 Å². The lowest BCUT2D eigenvalue weighted by atomic mass is 10.2. The molecule has 118 valence electrons. The molecule has 0 bridgehead atoms.